The summed E-state index contributed by atoms with van der Waals surface area (Å²) in [4.78, 5) is 12.3. The van der Waals surface area contributed by atoms with Crippen molar-refractivity contribution in [2.75, 3.05) is 11.6 Å². The van der Waals surface area contributed by atoms with Gasteiger partial charge in [0.2, 0.25) is 5.16 Å². The fraction of sp³-hybridized carbons (Fsp3) is 0.105. The molecule has 4 rings (SSSR count). The van der Waals surface area contributed by atoms with E-state index >= 15 is 0 Å². The predicted molar refractivity (Wildman–Crippen MR) is 111 cm³/mol. The van der Waals surface area contributed by atoms with Crippen molar-refractivity contribution in [2.45, 2.75) is 11.7 Å². The number of benzene rings is 2. The molecule has 2 aromatic carbocycles. The van der Waals surface area contributed by atoms with E-state index < -0.39 is 0 Å². The highest BCUT2D eigenvalue weighted by Crippen LogP contribution is 2.19. The molecule has 0 spiro atoms. The summed E-state index contributed by atoms with van der Waals surface area (Å²) >= 11 is 1.44. The molecule has 0 aliphatic heterocycles. The summed E-state index contributed by atoms with van der Waals surface area (Å²) in [6.07, 6.45) is 3.62. The summed E-state index contributed by atoms with van der Waals surface area (Å²) < 4.78 is 1.62. The number of thioether (sulfide) groups is 1. The molecule has 2 amide bonds. The number of urea groups is 1. The van der Waals surface area contributed by atoms with Crippen molar-refractivity contribution in [3.63, 3.8) is 0 Å². The first-order chi connectivity index (χ1) is 14.2. The van der Waals surface area contributed by atoms with Crippen molar-refractivity contribution in [3.05, 3.63) is 66.4 Å². The number of H-pyrrole nitrogens is 1. The lowest BCUT2D eigenvalue weighted by Crippen LogP contribution is -2.28. The fourth-order valence-corrected chi connectivity index (χ4v) is 3.19. The number of nitrogens with zero attached hydrogens (tertiary/aromatic N) is 5. The summed E-state index contributed by atoms with van der Waals surface area (Å²) in [5.41, 5.74) is 4.41. The Labute approximate surface area is 170 Å². The molecule has 3 N–H and O–H groups in total. The third-order valence-electron chi connectivity index (χ3n) is 4.19. The first-order valence-electron chi connectivity index (χ1n) is 8.79. The maximum atomic E-state index is 12.3. The molecule has 0 aliphatic rings. The van der Waals surface area contributed by atoms with Crippen LogP contribution in [-0.2, 0) is 6.54 Å². The zero-order valence-electron chi connectivity index (χ0n) is 15.5. The molecule has 0 saturated carbocycles. The summed E-state index contributed by atoms with van der Waals surface area (Å²) in [6, 6.07) is 16.9. The van der Waals surface area contributed by atoms with Crippen LogP contribution in [0.1, 0.15) is 5.56 Å². The van der Waals surface area contributed by atoms with E-state index in [1.165, 1.54) is 11.8 Å². The average molecular weight is 406 g/mol. The number of aromatic amines is 1. The van der Waals surface area contributed by atoms with Gasteiger partial charge in [0.25, 0.3) is 0 Å². The van der Waals surface area contributed by atoms with Gasteiger partial charge in [0.15, 0.2) is 0 Å². The number of carbonyl (C=O) groups excluding carboxylic acids is 1. The Bertz CT molecular complexity index is 1090. The van der Waals surface area contributed by atoms with Crippen LogP contribution in [0.3, 0.4) is 0 Å². The second-order valence-electron chi connectivity index (χ2n) is 6.10. The van der Waals surface area contributed by atoms with Gasteiger partial charge in [-0.3, -0.25) is 5.10 Å². The van der Waals surface area contributed by atoms with Crippen LogP contribution in [-0.4, -0.2) is 42.7 Å². The Kier molecular flexibility index (Phi) is 5.52. The van der Waals surface area contributed by atoms with Crippen molar-refractivity contribution < 1.29 is 4.79 Å². The van der Waals surface area contributed by atoms with Crippen molar-refractivity contribution >= 4 is 23.5 Å². The number of amides is 2. The molecule has 146 valence electrons. The van der Waals surface area contributed by atoms with E-state index in [2.05, 4.69) is 36.4 Å². The van der Waals surface area contributed by atoms with Crippen LogP contribution < -0.4 is 10.6 Å². The van der Waals surface area contributed by atoms with Crippen LogP contribution in [0.4, 0.5) is 10.5 Å². The third-order valence-corrected chi connectivity index (χ3v) is 4.81. The molecule has 0 fully saturated rings. The van der Waals surface area contributed by atoms with E-state index in [1.54, 1.807) is 10.9 Å². The van der Waals surface area contributed by atoms with Crippen molar-refractivity contribution in [2.24, 2.45) is 0 Å². The van der Waals surface area contributed by atoms with Crippen molar-refractivity contribution in [3.8, 4) is 16.9 Å². The molecule has 4 aromatic rings. The number of rotatable bonds is 6. The molecular weight excluding hydrogens is 388 g/mol. The van der Waals surface area contributed by atoms with Gasteiger partial charge in [-0.15, -0.1) is 5.10 Å². The summed E-state index contributed by atoms with van der Waals surface area (Å²) in [5, 5.41) is 24.8. The minimum absolute atomic E-state index is 0.290. The summed E-state index contributed by atoms with van der Waals surface area (Å²) in [7, 11) is 0. The minimum Gasteiger partial charge on any atom is -0.334 e. The van der Waals surface area contributed by atoms with Crippen molar-refractivity contribution in [1.82, 2.24) is 35.7 Å². The topological polar surface area (TPSA) is 113 Å². The number of hydrogen-bond donors (Lipinski definition) is 3. The molecule has 0 atom stereocenters. The van der Waals surface area contributed by atoms with E-state index in [-0.39, 0.29) is 6.03 Å². The van der Waals surface area contributed by atoms with Crippen LogP contribution in [0.15, 0.2) is 66.0 Å². The lowest BCUT2D eigenvalue weighted by atomic mass is 10.1. The van der Waals surface area contributed by atoms with Crippen molar-refractivity contribution in [1.29, 1.82) is 0 Å². The SMILES string of the molecule is CSc1nnnn1-c1cccc(NC(=O)NCc2ccc(-c3ccn[nH]3)cc2)c1. The molecule has 0 bridgehead atoms. The molecule has 0 unspecified atom stereocenters. The highest BCUT2D eigenvalue weighted by Gasteiger charge is 2.09. The van der Waals surface area contributed by atoms with E-state index in [4.69, 9.17) is 0 Å². The van der Waals surface area contributed by atoms with Crippen LogP contribution in [0, 0.1) is 0 Å². The molecule has 2 heterocycles. The Hall–Kier alpha value is -3.66. The average Bonchev–Trinajstić information content (AvgIpc) is 3.45. The molecule has 0 aliphatic carbocycles. The van der Waals surface area contributed by atoms with Gasteiger partial charge in [0.1, 0.15) is 0 Å². The summed E-state index contributed by atoms with van der Waals surface area (Å²) in [6.45, 7) is 0.415. The summed E-state index contributed by atoms with van der Waals surface area (Å²) in [5.74, 6) is 0. The highest BCUT2D eigenvalue weighted by molar-refractivity contribution is 7.98. The predicted octanol–water partition coefficient (Wildman–Crippen LogP) is 3.10. The van der Waals surface area contributed by atoms with Gasteiger partial charge in [0.05, 0.1) is 11.4 Å². The zero-order chi connectivity index (χ0) is 20.1. The monoisotopic (exact) mass is 406 g/mol. The highest BCUT2D eigenvalue weighted by atomic mass is 32.2. The lowest BCUT2D eigenvalue weighted by molar-refractivity contribution is 0.251. The number of aromatic nitrogens is 6. The molecule has 0 radical (unpaired) electrons. The molecule has 0 saturated heterocycles. The Morgan fingerprint density at radius 3 is 2.79 bits per heavy atom. The van der Waals surface area contributed by atoms with Gasteiger partial charge in [0, 0.05) is 18.4 Å². The van der Waals surface area contributed by atoms with Gasteiger partial charge in [-0.1, -0.05) is 42.1 Å². The Morgan fingerprint density at radius 1 is 1.17 bits per heavy atom. The molecule has 9 nitrogen and oxygen atoms in total. The number of nitrogens with one attached hydrogen (secondary N) is 3. The largest absolute Gasteiger partial charge is 0.334 e. The standard InChI is InChI=1S/C19H18N8OS/c1-29-19-24-25-26-27(19)16-4-2-3-15(11-16)22-18(28)20-12-13-5-7-14(8-6-13)17-9-10-21-23-17/h2-11H,12H2,1H3,(H,21,23)(H2,20,22,28). The lowest BCUT2D eigenvalue weighted by Gasteiger charge is -2.10. The quantitative estimate of drug-likeness (QED) is 0.424. The van der Waals surface area contributed by atoms with Gasteiger partial charge in [-0.05, 0) is 52.1 Å². The molecule has 2 aromatic heterocycles. The van der Waals surface area contributed by atoms with Gasteiger partial charge < -0.3 is 10.6 Å². The molecule has 10 heteroatoms. The normalized spacial score (nSPS) is 10.7. The number of carbonyl (C=O) groups is 1. The van der Waals surface area contributed by atoms with E-state index in [0.717, 1.165) is 22.5 Å². The second kappa shape index (κ2) is 8.57. The first kappa shape index (κ1) is 18.7. The van der Waals surface area contributed by atoms with Gasteiger partial charge in [-0.2, -0.15) is 9.78 Å². The van der Waals surface area contributed by atoms with E-state index in [9.17, 15) is 4.79 Å². The fourth-order valence-electron chi connectivity index (χ4n) is 2.76. The van der Waals surface area contributed by atoms with Crippen LogP contribution in [0.25, 0.3) is 16.9 Å². The molecule has 29 heavy (non-hydrogen) atoms. The Morgan fingerprint density at radius 2 is 2.03 bits per heavy atom. The van der Waals surface area contributed by atoms with Gasteiger partial charge in [-0.25, -0.2) is 4.79 Å². The van der Waals surface area contributed by atoms with Gasteiger partial charge >= 0.3 is 6.03 Å². The Balaban J connectivity index is 1.36. The first-order valence-corrected chi connectivity index (χ1v) is 10.0. The number of tetrazole rings is 1. The third kappa shape index (κ3) is 4.43. The second-order valence-corrected chi connectivity index (χ2v) is 6.88. The maximum absolute atomic E-state index is 12.3. The van der Waals surface area contributed by atoms with Crippen LogP contribution in [0.5, 0.6) is 0 Å². The number of anilines is 1. The van der Waals surface area contributed by atoms with Crippen LogP contribution in [0.2, 0.25) is 0 Å². The zero-order valence-corrected chi connectivity index (χ0v) is 16.3. The van der Waals surface area contributed by atoms with E-state index in [0.29, 0.717) is 17.4 Å². The van der Waals surface area contributed by atoms with Crippen LogP contribution >= 0.6 is 11.8 Å². The smallest absolute Gasteiger partial charge is 0.319 e. The number of hydrogen-bond acceptors (Lipinski definition) is 6. The molecular formula is C19H18N8OS. The van der Waals surface area contributed by atoms with E-state index in [1.807, 2.05) is 60.9 Å². The maximum Gasteiger partial charge on any atom is 0.319 e. The minimum atomic E-state index is -0.290.